The van der Waals surface area contributed by atoms with Gasteiger partial charge in [-0.25, -0.2) is 0 Å². The fraction of sp³-hybridized carbons (Fsp3) is 0.429. The molecule has 0 bridgehead atoms. The molecule has 1 fully saturated rings. The van der Waals surface area contributed by atoms with Crippen molar-refractivity contribution in [1.29, 1.82) is 0 Å². The molecule has 0 amide bonds. The lowest BCUT2D eigenvalue weighted by Gasteiger charge is -2.12. The van der Waals surface area contributed by atoms with Crippen LogP contribution in [-0.2, 0) is 0 Å². The Morgan fingerprint density at radius 3 is 2.57 bits per heavy atom. The van der Waals surface area contributed by atoms with E-state index in [0.29, 0.717) is 5.92 Å². The second kappa shape index (κ2) is 3.61. The van der Waals surface area contributed by atoms with Gasteiger partial charge in [0.15, 0.2) is 0 Å². The molecule has 2 rings (SSSR count). The Morgan fingerprint density at radius 2 is 2.07 bits per heavy atom. The number of benzene rings is 1. The first-order valence-corrected chi connectivity index (χ1v) is 5.48. The Hall–Kier alpha value is -1.04. The molecule has 1 saturated carbocycles. The van der Waals surface area contributed by atoms with Gasteiger partial charge in [-0.2, -0.15) is 0 Å². The zero-order valence-electron chi connectivity index (χ0n) is 9.09. The molecule has 0 radical (unpaired) electrons. The van der Waals surface area contributed by atoms with Crippen LogP contribution in [0, 0.1) is 0 Å². The van der Waals surface area contributed by atoms with Crippen LogP contribution >= 0.6 is 0 Å². The van der Waals surface area contributed by atoms with Gasteiger partial charge >= 0.3 is 0 Å². The zero-order valence-corrected chi connectivity index (χ0v) is 9.09. The normalized spacial score (nSPS) is 15.9. The average Bonchev–Trinajstić information content (AvgIpc) is 3.00. The molecule has 1 aromatic carbocycles. The molecule has 0 unspecified atom stereocenters. The summed E-state index contributed by atoms with van der Waals surface area (Å²) in [7, 11) is 0. The fourth-order valence-corrected chi connectivity index (χ4v) is 1.99. The summed E-state index contributed by atoms with van der Waals surface area (Å²) in [6, 6.07) is 6.77. The summed E-state index contributed by atoms with van der Waals surface area (Å²) in [6.45, 7) is 8.37. The van der Waals surface area contributed by atoms with Crippen LogP contribution in [0.1, 0.15) is 55.2 Å². The molecule has 1 aliphatic rings. The van der Waals surface area contributed by atoms with Crippen LogP contribution in [0.3, 0.4) is 0 Å². The van der Waals surface area contributed by atoms with Gasteiger partial charge in [0.1, 0.15) is 0 Å². The van der Waals surface area contributed by atoms with Crippen molar-refractivity contribution < 1.29 is 0 Å². The van der Waals surface area contributed by atoms with Crippen LogP contribution < -0.4 is 0 Å². The fourth-order valence-electron chi connectivity index (χ4n) is 1.99. The van der Waals surface area contributed by atoms with Gasteiger partial charge in [-0.1, -0.05) is 44.7 Å². The Labute approximate surface area is 86.7 Å². The van der Waals surface area contributed by atoms with Crippen molar-refractivity contribution in [2.75, 3.05) is 0 Å². The van der Waals surface area contributed by atoms with E-state index in [1.54, 1.807) is 5.56 Å². The second-order valence-electron chi connectivity index (χ2n) is 4.52. The first kappa shape index (κ1) is 9.51. The van der Waals surface area contributed by atoms with Crippen molar-refractivity contribution in [1.82, 2.24) is 0 Å². The van der Waals surface area contributed by atoms with Gasteiger partial charge in [0.2, 0.25) is 0 Å². The van der Waals surface area contributed by atoms with Gasteiger partial charge in [-0.3, -0.25) is 0 Å². The summed E-state index contributed by atoms with van der Waals surface area (Å²) >= 11 is 0. The van der Waals surface area contributed by atoms with Crippen LogP contribution in [0.25, 0.3) is 6.08 Å². The van der Waals surface area contributed by atoms with Gasteiger partial charge in [0.25, 0.3) is 0 Å². The summed E-state index contributed by atoms with van der Waals surface area (Å²) in [5.41, 5.74) is 4.35. The van der Waals surface area contributed by atoms with E-state index in [4.69, 9.17) is 0 Å². The third-order valence-corrected chi connectivity index (χ3v) is 2.99. The number of hydrogen-bond acceptors (Lipinski definition) is 0. The Balaban J connectivity index is 2.43. The lowest BCUT2D eigenvalue weighted by molar-refractivity contribution is 0.841. The van der Waals surface area contributed by atoms with Gasteiger partial charge in [0.05, 0.1) is 0 Å². The monoisotopic (exact) mass is 186 g/mol. The van der Waals surface area contributed by atoms with Gasteiger partial charge in [0, 0.05) is 0 Å². The lowest BCUT2D eigenvalue weighted by atomic mass is 9.93. The van der Waals surface area contributed by atoms with Crippen LogP contribution in [-0.4, -0.2) is 0 Å². The van der Waals surface area contributed by atoms with Crippen LogP contribution in [0.5, 0.6) is 0 Å². The maximum atomic E-state index is 3.83. The van der Waals surface area contributed by atoms with E-state index in [0.717, 1.165) is 5.92 Å². The smallest absolute Gasteiger partial charge is 0.0158 e. The first-order valence-electron chi connectivity index (χ1n) is 5.48. The first-order chi connectivity index (χ1) is 6.72. The quantitative estimate of drug-likeness (QED) is 0.659. The van der Waals surface area contributed by atoms with Crippen molar-refractivity contribution in [3.63, 3.8) is 0 Å². The molecule has 0 atom stereocenters. The Morgan fingerprint density at radius 1 is 1.36 bits per heavy atom. The summed E-state index contributed by atoms with van der Waals surface area (Å²) in [5, 5.41) is 0. The molecule has 0 spiro atoms. The van der Waals surface area contributed by atoms with Crippen molar-refractivity contribution >= 4 is 6.08 Å². The van der Waals surface area contributed by atoms with E-state index in [1.165, 1.54) is 24.0 Å². The minimum absolute atomic E-state index is 0.643. The second-order valence-corrected chi connectivity index (χ2v) is 4.52. The maximum Gasteiger partial charge on any atom is -0.0158 e. The summed E-state index contributed by atoms with van der Waals surface area (Å²) in [5.74, 6) is 1.48. The topological polar surface area (TPSA) is 0 Å². The average molecular weight is 186 g/mol. The van der Waals surface area contributed by atoms with E-state index in [9.17, 15) is 0 Å². The van der Waals surface area contributed by atoms with Crippen LogP contribution in [0.4, 0.5) is 0 Å². The highest BCUT2D eigenvalue weighted by atomic mass is 14.3. The van der Waals surface area contributed by atoms with E-state index in [1.807, 2.05) is 6.08 Å². The standard InChI is InChI=1S/C14H18/c1-4-11-5-8-13(10(2)3)14(9-11)12-6-7-12/h4-5,8-10,12H,1,6-7H2,2-3H3. The molecular weight excluding hydrogens is 168 g/mol. The molecule has 1 aliphatic carbocycles. The summed E-state index contributed by atoms with van der Waals surface area (Å²) in [4.78, 5) is 0. The predicted octanol–water partition coefficient (Wildman–Crippen LogP) is 4.33. The Bertz CT molecular complexity index is 343. The molecule has 74 valence electrons. The molecule has 0 heteroatoms. The van der Waals surface area contributed by atoms with Crippen LogP contribution in [0.15, 0.2) is 24.8 Å². The highest BCUT2D eigenvalue weighted by molar-refractivity contribution is 5.51. The largest absolute Gasteiger partial charge is 0.0985 e. The molecule has 0 aromatic heterocycles. The lowest BCUT2D eigenvalue weighted by Crippen LogP contribution is -1.95. The Kier molecular flexibility index (Phi) is 2.45. The third-order valence-electron chi connectivity index (χ3n) is 2.99. The van der Waals surface area contributed by atoms with Crippen molar-refractivity contribution in [3.8, 4) is 0 Å². The number of hydrogen-bond donors (Lipinski definition) is 0. The molecular formula is C14H18. The SMILES string of the molecule is C=Cc1ccc(C(C)C)c(C2CC2)c1. The molecule has 14 heavy (non-hydrogen) atoms. The zero-order chi connectivity index (χ0) is 10.1. The molecule has 1 aromatic rings. The predicted molar refractivity (Wildman–Crippen MR) is 62.6 cm³/mol. The maximum absolute atomic E-state index is 3.83. The van der Waals surface area contributed by atoms with Gasteiger partial charge in [-0.15, -0.1) is 0 Å². The third kappa shape index (κ3) is 1.75. The van der Waals surface area contributed by atoms with Crippen molar-refractivity contribution in [3.05, 3.63) is 41.5 Å². The van der Waals surface area contributed by atoms with Crippen molar-refractivity contribution in [2.24, 2.45) is 0 Å². The van der Waals surface area contributed by atoms with E-state index in [2.05, 4.69) is 38.6 Å². The van der Waals surface area contributed by atoms with Gasteiger partial charge < -0.3 is 0 Å². The van der Waals surface area contributed by atoms with Crippen molar-refractivity contribution in [2.45, 2.75) is 38.5 Å². The highest BCUT2D eigenvalue weighted by Crippen LogP contribution is 2.43. The van der Waals surface area contributed by atoms with E-state index >= 15 is 0 Å². The molecule has 0 heterocycles. The molecule has 0 nitrogen and oxygen atoms in total. The van der Waals surface area contributed by atoms with Crippen LogP contribution in [0.2, 0.25) is 0 Å². The molecule has 0 aliphatic heterocycles. The minimum Gasteiger partial charge on any atom is -0.0985 e. The number of rotatable bonds is 3. The minimum atomic E-state index is 0.643. The summed E-state index contributed by atoms with van der Waals surface area (Å²) < 4.78 is 0. The molecule has 0 saturated heterocycles. The van der Waals surface area contributed by atoms with E-state index in [-0.39, 0.29) is 0 Å². The highest BCUT2D eigenvalue weighted by Gasteiger charge is 2.26. The van der Waals surface area contributed by atoms with Gasteiger partial charge in [-0.05, 0) is 41.4 Å². The van der Waals surface area contributed by atoms with E-state index < -0.39 is 0 Å². The summed E-state index contributed by atoms with van der Waals surface area (Å²) in [6.07, 6.45) is 4.69. The molecule has 0 N–H and O–H groups in total.